The molecule has 7 heteroatoms. The van der Waals surface area contributed by atoms with E-state index in [9.17, 15) is 4.79 Å². The summed E-state index contributed by atoms with van der Waals surface area (Å²) in [5.41, 5.74) is 6.49. The zero-order chi connectivity index (χ0) is 15.7. The molecule has 1 aliphatic heterocycles. The molecule has 2 unspecified atom stereocenters. The monoisotopic (exact) mass is 355 g/mol. The van der Waals surface area contributed by atoms with E-state index in [2.05, 4.69) is 4.98 Å². The Morgan fingerprint density at radius 2 is 2.30 bits per heavy atom. The molecule has 5 nitrogen and oxygen atoms in total. The van der Waals surface area contributed by atoms with Crippen LogP contribution in [0.3, 0.4) is 0 Å². The Balaban J connectivity index is 0.00000192. The average molecular weight is 356 g/mol. The Kier molecular flexibility index (Phi) is 5.84. The Bertz CT molecular complexity index is 668. The van der Waals surface area contributed by atoms with Crippen molar-refractivity contribution in [1.82, 2.24) is 9.88 Å². The number of carbonyl (C=O) groups is 1. The molecule has 1 saturated heterocycles. The summed E-state index contributed by atoms with van der Waals surface area (Å²) in [6.45, 7) is 5.42. The number of piperidine rings is 1. The number of hydrogen-bond donors (Lipinski definition) is 1. The van der Waals surface area contributed by atoms with Gasteiger partial charge < -0.3 is 15.1 Å². The minimum Gasteiger partial charge on any atom is -0.459 e. The van der Waals surface area contributed by atoms with Gasteiger partial charge in [-0.3, -0.25) is 4.79 Å². The van der Waals surface area contributed by atoms with Gasteiger partial charge in [0.2, 0.25) is 0 Å². The number of likely N-dealkylation sites (tertiary alicyclic amines) is 1. The van der Waals surface area contributed by atoms with Gasteiger partial charge >= 0.3 is 0 Å². The summed E-state index contributed by atoms with van der Waals surface area (Å²) < 4.78 is 5.56. The summed E-state index contributed by atoms with van der Waals surface area (Å²) in [7, 11) is 0. The molecule has 2 N–H and O–H groups in total. The summed E-state index contributed by atoms with van der Waals surface area (Å²) in [6, 6.07) is 3.90. The smallest absolute Gasteiger partial charge is 0.273 e. The summed E-state index contributed by atoms with van der Waals surface area (Å²) in [4.78, 5) is 18.9. The number of nitrogens with zero attached hydrogens (tertiary/aromatic N) is 2. The second-order valence-corrected chi connectivity index (χ2v) is 6.82. The molecule has 1 fully saturated rings. The van der Waals surface area contributed by atoms with Crippen LogP contribution < -0.4 is 5.73 Å². The van der Waals surface area contributed by atoms with Crippen molar-refractivity contribution >= 4 is 29.7 Å². The minimum absolute atomic E-state index is 0. The maximum Gasteiger partial charge on any atom is 0.273 e. The molecule has 0 bridgehead atoms. The first-order chi connectivity index (χ1) is 10.5. The fourth-order valence-electron chi connectivity index (χ4n) is 2.82. The summed E-state index contributed by atoms with van der Waals surface area (Å²) in [6.07, 6.45) is 2.10. The van der Waals surface area contributed by atoms with E-state index in [-0.39, 0.29) is 24.4 Å². The zero-order valence-corrected chi connectivity index (χ0v) is 15.0. The number of thiazole rings is 1. The Labute approximate surface area is 146 Å². The molecule has 2 atom stereocenters. The van der Waals surface area contributed by atoms with Crippen molar-refractivity contribution in [1.29, 1.82) is 0 Å². The molecule has 2 aromatic rings. The van der Waals surface area contributed by atoms with Gasteiger partial charge in [-0.2, -0.15) is 0 Å². The molecule has 126 valence electrons. The van der Waals surface area contributed by atoms with Crippen LogP contribution in [0.4, 0.5) is 0 Å². The average Bonchev–Trinajstić information content (AvgIpc) is 3.15. The molecule has 1 aliphatic rings. The van der Waals surface area contributed by atoms with Crippen molar-refractivity contribution in [3.63, 3.8) is 0 Å². The number of amides is 1. The molecular weight excluding hydrogens is 334 g/mol. The van der Waals surface area contributed by atoms with Crippen molar-refractivity contribution in [3.05, 3.63) is 29.0 Å². The summed E-state index contributed by atoms with van der Waals surface area (Å²) >= 11 is 1.44. The second kappa shape index (κ2) is 7.47. The Morgan fingerprint density at radius 3 is 2.96 bits per heavy atom. The summed E-state index contributed by atoms with van der Waals surface area (Å²) in [5, 5.41) is 2.56. The van der Waals surface area contributed by atoms with E-state index < -0.39 is 0 Å². The van der Waals surface area contributed by atoms with Crippen LogP contribution in [0.2, 0.25) is 0 Å². The van der Waals surface area contributed by atoms with Crippen molar-refractivity contribution in [2.75, 3.05) is 13.1 Å². The number of rotatable bonds is 3. The molecule has 0 aromatic carbocycles. The summed E-state index contributed by atoms with van der Waals surface area (Å²) in [5.74, 6) is 1.93. The standard InChI is InChI=1S/C16H21N3O2S.ClH/c1-10-5-6-14(21-10)15-18-13(9-22-15)16(20)19-7-3-4-12(8-19)11(2)17;/h5-6,9,11-12H,3-4,7-8,17H2,1-2H3;1H. The molecule has 3 heterocycles. The van der Waals surface area contributed by atoms with Gasteiger partial charge in [0, 0.05) is 24.5 Å². The van der Waals surface area contributed by atoms with Crippen LogP contribution in [0.5, 0.6) is 0 Å². The highest BCUT2D eigenvalue weighted by molar-refractivity contribution is 7.13. The largest absolute Gasteiger partial charge is 0.459 e. The van der Waals surface area contributed by atoms with Crippen LogP contribution in [-0.4, -0.2) is 34.9 Å². The third-order valence-electron chi connectivity index (χ3n) is 4.16. The van der Waals surface area contributed by atoms with Gasteiger partial charge in [0.25, 0.3) is 5.91 Å². The molecule has 0 aliphatic carbocycles. The molecule has 23 heavy (non-hydrogen) atoms. The van der Waals surface area contributed by atoms with Gasteiger partial charge in [0.1, 0.15) is 11.5 Å². The van der Waals surface area contributed by atoms with Gasteiger partial charge in [0.15, 0.2) is 10.8 Å². The number of aromatic nitrogens is 1. The molecule has 3 rings (SSSR count). The number of hydrogen-bond acceptors (Lipinski definition) is 5. The zero-order valence-electron chi connectivity index (χ0n) is 13.3. The highest BCUT2D eigenvalue weighted by Crippen LogP contribution is 2.27. The van der Waals surface area contributed by atoms with E-state index in [1.807, 2.05) is 36.3 Å². The molecular formula is C16H22ClN3O2S. The molecule has 0 radical (unpaired) electrons. The number of carbonyl (C=O) groups excluding carboxylic acids is 1. The third kappa shape index (κ3) is 3.94. The predicted octanol–water partition coefficient (Wildman–Crippen LogP) is 3.33. The number of furan rings is 1. The maximum atomic E-state index is 12.6. The van der Waals surface area contributed by atoms with Crippen LogP contribution in [0, 0.1) is 12.8 Å². The van der Waals surface area contributed by atoms with Gasteiger partial charge in [-0.15, -0.1) is 23.7 Å². The van der Waals surface area contributed by atoms with Crippen LogP contribution in [0.1, 0.15) is 36.0 Å². The lowest BCUT2D eigenvalue weighted by Crippen LogP contribution is -2.45. The molecule has 2 aromatic heterocycles. The highest BCUT2D eigenvalue weighted by Gasteiger charge is 2.27. The van der Waals surface area contributed by atoms with Crippen LogP contribution in [0.25, 0.3) is 10.8 Å². The Morgan fingerprint density at radius 1 is 1.52 bits per heavy atom. The lowest BCUT2D eigenvalue weighted by atomic mass is 9.92. The molecule has 0 spiro atoms. The lowest BCUT2D eigenvalue weighted by molar-refractivity contribution is 0.0656. The first-order valence-corrected chi connectivity index (χ1v) is 8.49. The maximum absolute atomic E-state index is 12.6. The normalized spacial score (nSPS) is 19.3. The minimum atomic E-state index is -0.00359. The third-order valence-corrected chi connectivity index (χ3v) is 5.02. The lowest BCUT2D eigenvalue weighted by Gasteiger charge is -2.34. The molecule has 1 amide bonds. The van der Waals surface area contributed by atoms with Gasteiger partial charge in [-0.1, -0.05) is 0 Å². The fourth-order valence-corrected chi connectivity index (χ4v) is 3.57. The topological polar surface area (TPSA) is 72.4 Å². The van der Waals surface area contributed by atoms with Crippen LogP contribution in [0.15, 0.2) is 21.9 Å². The molecule has 0 saturated carbocycles. The van der Waals surface area contributed by atoms with Gasteiger partial charge in [-0.05, 0) is 44.7 Å². The first-order valence-electron chi connectivity index (χ1n) is 7.62. The van der Waals surface area contributed by atoms with Crippen molar-refractivity contribution in [3.8, 4) is 10.8 Å². The second-order valence-electron chi connectivity index (χ2n) is 5.96. The van der Waals surface area contributed by atoms with Gasteiger partial charge in [0.05, 0.1) is 0 Å². The van der Waals surface area contributed by atoms with Crippen LogP contribution >= 0.6 is 23.7 Å². The predicted molar refractivity (Wildman–Crippen MR) is 94.1 cm³/mol. The van der Waals surface area contributed by atoms with E-state index in [1.54, 1.807) is 0 Å². The quantitative estimate of drug-likeness (QED) is 0.916. The van der Waals surface area contributed by atoms with E-state index in [0.29, 0.717) is 17.4 Å². The van der Waals surface area contributed by atoms with E-state index in [1.165, 1.54) is 11.3 Å². The first kappa shape index (κ1) is 18.0. The number of aryl methyl sites for hydroxylation is 1. The highest BCUT2D eigenvalue weighted by atomic mass is 35.5. The van der Waals surface area contributed by atoms with E-state index >= 15 is 0 Å². The number of halogens is 1. The van der Waals surface area contributed by atoms with Crippen molar-refractivity contribution in [2.24, 2.45) is 11.7 Å². The van der Waals surface area contributed by atoms with Crippen molar-refractivity contribution in [2.45, 2.75) is 32.7 Å². The fraction of sp³-hybridized carbons (Fsp3) is 0.500. The van der Waals surface area contributed by atoms with Gasteiger partial charge in [-0.25, -0.2) is 4.98 Å². The van der Waals surface area contributed by atoms with Crippen LogP contribution in [-0.2, 0) is 0 Å². The number of nitrogens with two attached hydrogens (primary N) is 1. The Hall–Kier alpha value is -1.37. The SMILES string of the molecule is Cc1ccc(-c2nc(C(=O)N3CCCC(C(C)N)C3)cs2)o1.Cl. The van der Waals surface area contributed by atoms with E-state index in [4.69, 9.17) is 10.2 Å². The van der Waals surface area contributed by atoms with E-state index in [0.717, 1.165) is 36.7 Å². The van der Waals surface area contributed by atoms with Crippen molar-refractivity contribution < 1.29 is 9.21 Å².